The van der Waals surface area contributed by atoms with Crippen LogP contribution in [-0.2, 0) is 0 Å². The fraction of sp³-hybridized carbons (Fsp3) is 0.294. The number of carbonyl (C=O) groups excluding carboxylic acids is 1. The van der Waals surface area contributed by atoms with Crippen molar-refractivity contribution in [1.82, 2.24) is 14.7 Å². The van der Waals surface area contributed by atoms with Gasteiger partial charge in [-0.2, -0.15) is 0 Å². The summed E-state index contributed by atoms with van der Waals surface area (Å²) in [6.45, 7) is 5.93. The number of thiazole rings is 1. The van der Waals surface area contributed by atoms with Crippen molar-refractivity contribution in [2.75, 3.05) is 0 Å². The van der Waals surface area contributed by atoms with Gasteiger partial charge in [0.05, 0.1) is 5.69 Å². The van der Waals surface area contributed by atoms with Crippen molar-refractivity contribution in [1.29, 1.82) is 0 Å². The lowest BCUT2D eigenvalue weighted by molar-refractivity contribution is 0.0942. The fourth-order valence-electron chi connectivity index (χ4n) is 2.31. The second-order valence-corrected chi connectivity index (χ2v) is 6.56. The molecule has 0 saturated heterocycles. The van der Waals surface area contributed by atoms with Gasteiger partial charge in [0.1, 0.15) is 10.7 Å². The molecule has 0 spiro atoms. The normalized spacial score (nSPS) is 12.5. The van der Waals surface area contributed by atoms with Crippen LogP contribution in [0.25, 0.3) is 16.2 Å². The van der Waals surface area contributed by atoms with Gasteiger partial charge < -0.3 is 5.32 Å². The molecule has 120 valence electrons. The van der Waals surface area contributed by atoms with Crippen molar-refractivity contribution in [3.8, 4) is 11.3 Å². The summed E-state index contributed by atoms with van der Waals surface area (Å²) < 4.78 is 14.9. The Morgan fingerprint density at radius 1 is 1.39 bits per heavy atom. The van der Waals surface area contributed by atoms with Crippen molar-refractivity contribution >= 4 is 22.2 Å². The van der Waals surface area contributed by atoms with Crippen LogP contribution in [0.1, 0.15) is 35.6 Å². The van der Waals surface area contributed by atoms with Crippen LogP contribution in [0, 0.1) is 12.7 Å². The minimum absolute atomic E-state index is 0.0596. The van der Waals surface area contributed by atoms with E-state index in [-0.39, 0.29) is 17.8 Å². The van der Waals surface area contributed by atoms with Crippen LogP contribution in [0.4, 0.5) is 4.39 Å². The first-order chi connectivity index (χ1) is 11.0. The Hall–Kier alpha value is -2.21. The van der Waals surface area contributed by atoms with Crippen LogP contribution in [0.5, 0.6) is 0 Å². The predicted molar refractivity (Wildman–Crippen MR) is 90.4 cm³/mol. The molecule has 0 aliphatic heterocycles. The molecule has 0 aliphatic carbocycles. The van der Waals surface area contributed by atoms with Gasteiger partial charge in [0, 0.05) is 23.5 Å². The monoisotopic (exact) mass is 331 g/mol. The minimum Gasteiger partial charge on any atom is -0.349 e. The number of halogens is 1. The number of fused-ring (bicyclic) bond motifs is 1. The second kappa shape index (κ2) is 6.12. The topological polar surface area (TPSA) is 46.4 Å². The summed E-state index contributed by atoms with van der Waals surface area (Å²) in [6.07, 6.45) is 2.77. The van der Waals surface area contributed by atoms with E-state index in [4.69, 9.17) is 0 Å². The summed E-state index contributed by atoms with van der Waals surface area (Å²) in [5.41, 5.74) is 2.49. The van der Waals surface area contributed by atoms with Crippen LogP contribution < -0.4 is 5.32 Å². The first kappa shape index (κ1) is 15.7. The number of hydrogen-bond donors (Lipinski definition) is 1. The average molecular weight is 331 g/mol. The van der Waals surface area contributed by atoms with E-state index in [1.54, 1.807) is 12.1 Å². The number of aromatic nitrogens is 2. The van der Waals surface area contributed by atoms with Crippen LogP contribution in [0.15, 0.2) is 30.5 Å². The van der Waals surface area contributed by atoms with E-state index >= 15 is 0 Å². The Kier molecular flexibility index (Phi) is 4.17. The maximum absolute atomic E-state index is 13.0. The van der Waals surface area contributed by atoms with E-state index in [1.807, 2.05) is 31.4 Å². The summed E-state index contributed by atoms with van der Waals surface area (Å²) in [4.78, 5) is 18.3. The Bertz CT molecular complexity index is 851. The summed E-state index contributed by atoms with van der Waals surface area (Å²) in [6, 6.07) is 6.38. The SMILES string of the molecule is CC[C@H](C)NC(=O)c1sc2nc(-c3ccc(F)cc3)cn2c1C. The Morgan fingerprint density at radius 3 is 2.70 bits per heavy atom. The smallest absolute Gasteiger partial charge is 0.263 e. The molecule has 2 heterocycles. The number of amides is 1. The molecule has 0 radical (unpaired) electrons. The Morgan fingerprint density at radius 2 is 2.09 bits per heavy atom. The average Bonchev–Trinajstić information content (AvgIpc) is 3.08. The molecule has 1 N–H and O–H groups in total. The Balaban J connectivity index is 1.94. The van der Waals surface area contributed by atoms with Gasteiger partial charge in [0.15, 0.2) is 4.96 Å². The standard InChI is InChI=1S/C17H18FN3OS/c1-4-10(2)19-16(22)15-11(3)21-9-14(20-17(21)23-15)12-5-7-13(18)8-6-12/h5-10H,4H2,1-3H3,(H,19,22)/t10-/m0/s1. The van der Waals surface area contributed by atoms with Crippen molar-refractivity contribution in [3.05, 3.63) is 46.9 Å². The maximum Gasteiger partial charge on any atom is 0.263 e. The van der Waals surface area contributed by atoms with E-state index in [0.29, 0.717) is 4.88 Å². The molecule has 1 atom stereocenters. The van der Waals surface area contributed by atoms with Gasteiger partial charge >= 0.3 is 0 Å². The molecule has 3 rings (SSSR count). The highest BCUT2D eigenvalue weighted by molar-refractivity contribution is 7.19. The quantitative estimate of drug-likeness (QED) is 0.784. The van der Waals surface area contributed by atoms with Crippen LogP contribution in [0.3, 0.4) is 0 Å². The first-order valence-electron chi connectivity index (χ1n) is 7.55. The van der Waals surface area contributed by atoms with Crippen LogP contribution >= 0.6 is 11.3 Å². The van der Waals surface area contributed by atoms with Crippen molar-refractivity contribution in [2.24, 2.45) is 0 Å². The highest BCUT2D eigenvalue weighted by Gasteiger charge is 2.19. The number of hydrogen-bond acceptors (Lipinski definition) is 3. The molecule has 0 unspecified atom stereocenters. The van der Waals surface area contributed by atoms with Gasteiger partial charge in [-0.3, -0.25) is 9.20 Å². The third kappa shape index (κ3) is 2.99. The van der Waals surface area contributed by atoms with Crippen molar-refractivity contribution in [2.45, 2.75) is 33.2 Å². The third-order valence-electron chi connectivity index (χ3n) is 3.89. The zero-order chi connectivity index (χ0) is 16.6. The largest absolute Gasteiger partial charge is 0.349 e. The van der Waals surface area contributed by atoms with Gasteiger partial charge in [-0.25, -0.2) is 9.37 Å². The molecule has 0 bridgehead atoms. The van der Waals surface area contributed by atoms with Crippen molar-refractivity contribution < 1.29 is 9.18 Å². The van der Waals surface area contributed by atoms with Gasteiger partial charge in [0.2, 0.25) is 0 Å². The number of aryl methyl sites for hydroxylation is 1. The summed E-state index contributed by atoms with van der Waals surface area (Å²) in [5, 5.41) is 2.98. The summed E-state index contributed by atoms with van der Waals surface area (Å²) in [5.74, 6) is -0.328. The third-order valence-corrected chi connectivity index (χ3v) is 5.05. The zero-order valence-corrected chi connectivity index (χ0v) is 14.1. The number of nitrogens with one attached hydrogen (secondary N) is 1. The first-order valence-corrected chi connectivity index (χ1v) is 8.36. The number of benzene rings is 1. The molecule has 0 aliphatic rings. The predicted octanol–water partition coefficient (Wildman–Crippen LogP) is 4.04. The molecule has 4 nitrogen and oxygen atoms in total. The van der Waals surface area contributed by atoms with E-state index in [2.05, 4.69) is 10.3 Å². The number of imidazole rings is 1. The molecule has 3 aromatic rings. The van der Waals surface area contributed by atoms with Gasteiger partial charge in [-0.15, -0.1) is 0 Å². The minimum atomic E-state index is -0.269. The molecular weight excluding hydrogens is 313 g/mol. The van der Waals surface area contributed by atoms with Gasteiger partial charge in [0.25, 0.3) is 5.91 Å². The molecule has 1 amide bonds. The van der Waals surface area contributed by atoms with Crippen LogP contribution in [0.2, 0.25) is 0 Å². The highest BCUT2D eigenvalue weighted by atomic mass is 32.1. The second-order valence-electron chi connectivity index (χ2n) is 5.58. The lowest BCUT2D eigenvalue weighted by Gasteiger charge is -2.10. The number of carbonyl (C=O) groups is 1. The summed E-state index contributed by atoms with van der Waals surface area (Å²) >= 11 is 1.37. The summed E-state index contributed by atoms with van der Waals surface area (Å²) in [7, 11) is 0. The molecule has 6 heteroatoms. The molecule has 0 saturated carbocycles. The van der Waals surface area contributed by atoms with Gasteiger partial charge in [-0.05, 0) is 44.5 Å². The molecule has 2 aromatic heterocycles. The zero-order valence-electron chi connectivity index (χ0n) is 13.3. The maximum atomic E-state index is 13.0. The van der Waals surface area contributed by atoms with E-state index in [9.17, 15) is 9.18 Å². The lowest BCUT2D eigenvalue weighted by Crippen LogP contribution is -2.31. The Labute approximate surface area is 138 Å². The van der Waals surface area contributed by atoms with E-state index in [0.717, 1.165) is 28.3 Å². The molecule has 23 heavy (non-hydrogen) atoms. The fourth-order valence-corrected chi connectivity index (χ4v) is 3.32. The number of rotatable bonds is 4. The molecular formula is C17H18FN3OS. The van der Waals surface area contributed by atoms with Gasteiger partial charge in [-0.1, -0.05) is 18.3 Å². The van der Waals surface area contributed by atoms with Crippen molar-refractivity contribution in [3.63, 3.8) is 0 Å². The number of nitrogens with zero attached hydrogens (tertiary/aromatic N) is 2. The molecule has 1 aromatic carbocycles. The lowest BCUT2D eigenvalue weighted by atomic mass is 10.2. The van der Waals surface area contributed by atoms with Crippen LogP contribution in [-0.4, -0.2) is 21.3 Å². The van der Waals surface area contributed by atoms with E-state index in [1.165, 1.54) is 23.5 Å². The van der Waals surface area contributed by atoms with E-state index < -0.39 is 0 Å². The molecule has 0 fully saturated rings. The highest BCUT2D eigenvalue weighted by Crippen LogP contribution is 2.27.